The number of hydrogen-bond donors (Lipinski definition) is 1. The van der Waals surface area contributed by atoms with Crippen molar-refractivity contribution in [1.82, 2.24) is 15.1 Å². The second-order valence-electron chi connectivity index (χ2n) is 4.33. The minimum atomic E-state index is 0.226. The predicted molar refractivity (Wildman–Crippen MR) is 74.6 cm³/mol. The molecular weight excluding hydrogens is 246 g/mol. The normalized spacial score (nSPS) is 12.6. The molecule has 1 N–H and O–H groups in total. The molecule has 2 rings (SSSR count). The van der Waals surface area contributed by atoms with Gasteiger partial charge in [0.15, 0.2) is 0 Å². The SMILES string of the molecule is CCn1cc(CN[C@H](C)c2ccccc2Cl)cn1. The molecule has 0 radical (unpaired) electrons. The van der Waals surface area contributed by atoms with Crippen LogP contribution in [0.1, 0.15) is 31.0 Å². The highest BCUT2D eigenvalue weighted by Gasteiger charge is 2.08. The Morgan fingerprint density at radius 2 is 2.17 bits per heavy atom. The second-order valence-corrected chi connectivity index (χ2v) is 4.74. The molecule has 0 saturated heterocycles. The van der Waals surface area contributed by atoms with Gasteiger partial charge in [-0.1, -0.05) is 29.8 Å². The number of rotatable bonds is 5. The van der Waals surface area contributed by atoms with Crippen LogP contribution in [0.3, 0.4) is 0 Å². The number of aryl methyl sites for hydroxylation is 1. The van der Waals surface area contributed by atoms with Crippen molar-refractivity contribution in [3.05, 3.63) is 52.8 Å². The van der Waals surface area contributed by atoms with Crippen molar-refractivity contribution in [1.29, 1.82) is 0 Å². The lowest BCUT2D eigenvalue weighted by Gasteiger charge is -2.14. The number of nitrogens with one attached hydrogen (secondary N) is 1. The van der Waals surface area contributed by atoms with Crippen LogP contribution >= 0.6 is 11.6 Å². The van der Waals surface area contributed by atoms with Gasteiger partial charge in [0, 0.05) is 35.9 Å². The first-order valence-electron chi connectivity index (χ1n) is 6.20. The number of halogens is 1. The van der Waals surface area contributed by atoms with E-state index >= 15 is 0 Å². The molecule has 0 amide bonds. The van der Waals surface area contributed by atoms with Crippen LogP contribution < -0.4 is 5.32 Å². The van der Waals surface area contributed by atoms with Crippen LogP contribution in [0.25, 0.3) is 0 Å². The van der Waals surface area contributed by atoms with E-state index in [0.29, 0.717) is 0 Å². The van der Waals surface area contributed by atoms with Gasteiger partial charge in [0.1, 0.15) is 0 Å². The maximum Gasteiger partial charge on any atom is 0.0534 e. The van der Waals surface area contributed by atoms with Gasteiger partial charge >= 0.3 is 0 Å². The fraction of sp³-hybridized carbons (Fsp3) is 0.357. The van der Waals surface area contributed by atoms with E-state index in [4.69, 9.17) is 11.6 Å². The molecule has 1 atom stereocenters. The third-order valence-electron chi connectivity index (χ3n) is 2.99. The van der Waals surface area contributed by atoms with E-state index in [9.17, 15) is 0 Å². The second kappa shape index (κ2) is 6.03. The van der Waals surface area contributed by atoms with Crippen LogP contribution in [-0.2, 0) is 13.1 Å². The number of hydrogen-bond acceptors (Lipinski definition) is 2. The highest BCUT2D eigenvalue weighted by molar-refractivity contribution is 6.31. The molecule has 0 saturated carbocycles. The first-order chi connectivity index (χ1) is 8.70. The summed E-state index contributed by atoms with van der Waals surface area (Å²) < 4.78 is 1.93. The summed E-state index contributed by atoms with van der Waals surface area (Å²) >= 11 is 6.17. The maximum absolute atomic E-state index is 6.17. The minimum absolute atomic E-state index is 0.226. The first-order valence-corrected chi connectivity index (χ1v) is 6.57. The molecule has 4 heteroatoms. The zero-order valence-electron chi connectivity index (χ0n) is 10.7. The minimum Gasteiger partial charge on any atom is -0.306 e. The summed E-state index contributed by atoms with van der Waals surface area (Å²) in [5.41, 5.74) is 2.32. The van der Waals surface area contributed by atoms with Gasteiger partial charge in [0.2, 0.25) is 0 Å². The van der Waals surface area contributed by atoms with Gasteiger partial charge in [0.05, 0.1) is 6.20 Å². The largest absolute Gasteiger partial charge is 0.306 e. The van der Waals surface area contributed by atoms with Crippen LogP contribution in [0, 0.1) is 0 Å². The Morgan fingerprint density at radius 1 is 1.39 bits per heavy atom. The quantitative estimate of drug-likeness (QED) is 0.896. The fourth-order valence-electron chi connectivity index (χ4n) is 1.88. The Morgan fingerprint density at radius 3 is 2.83 bits per heavy atom. The lowest BCUT2D eigenvalue weighted by molar-refractivity contribution is 0.574. The summed E-state index contributed by atoms with van der Waals surface area (Å²) in [7, 11) is 0. The Hall–Kier alpha value is -1.32. The van der Waals surface area contributed by atoms with Crippen LogP contribution in [0.4, 0.5) is 0 Å². The molecule has 0 aliphatic rings. The number of benzene rings is 1. The summed E-state index contributed by atoms with van der Waals surface area (Å²) in [6.45, 7) is 5.90. The van der Waals surface area contributed by atoms with Crippen molar-refractivity contribution in [2.75, 3.05) is 0 Å². The van der Waals surface area contributed by atoms with Gasteiger partial charge < -0.3 is 5.32 Å². The van der Waals surface area contributed by atoms with Crippen molar-refractivity contribution in [2.24, 2.45) is 0 Å². The van der Waals surface area contributed by atoms with E-state index in [2.05, 4.69) is 36.5 Å². The molecule has 1 aromatic heterocycles. The summed E-state index contributed by atoms with van der Waals surface area (Å²) in [6.07, 6.45) is 3.96. The first kappa shape index (κ1) is 13.1. The van der Waals surface area contributed by atoms with E-state index in [-0.39, 0.29) is 6.04 Å². The molecule has 0 aliphatic carbocycles. The highest BCUT2D eigenvalue weighted by Crippen LogP contribution is 2.22. The maximum atomic E-state index is 6.17. The molecule has 96 valence electrons. The Labute approximate surface area is 113 Å². The van der Waals surface area contributed by atoms with Crippen molar-refractivity contribution >= 4 is 11.6 Å². The van der Waals surface area contributed by atoms with E-state index in [0.717, 1.165) is 23.7 Å². The molecule has 1 aromatic carbocycles. The highest BCUT2D eigenvalue weighted by atomic mass is 35.5. The molecular formula is C14H18ClN3. The molecule has 2 aromatic rings. The lowest BCUT2D eigenvalue weighted by atomic mass is 10.1. The van der Waals surface area contributed by atoms with Crippen LogP contribution in [0.2, 0.25) is 5.02 Å². The van der Waals surface area contributed by atoms with Crippen molar-refractivity contribution in [3.8, 4) is 0 Å². The predicted octanol–water partition coefficient (Wildman–Crippen LogP) is 3.41. The topological polar surface area (TPSA) is 29.9 Å². The average molecular weight is 264 g/mol. The van der Waals surface area contributed by atoms with E-state index in [1.54, 1.807) is 0 Å². The molecule has 0 unspecified atom stereocenters. The number of aromatic nitrogens is 2. The molecule has 18 heavy (non-hydrogen) atoms. The molecule has 0 bridgehead atoms. The number of nitrogens with zero attached hydrogens (tertiary/aromatic N) is 2. The fourth-order valence-corrected chi connectivity index (χ4v) is 2.18. The van der Waals surface area contributed by atoms with Gasteiger partial charge in [-0.15, -0.1) is 0 Å². The Balaban J connectivity index is 1.96. The zero-order valence-corrected chi connectivity index (χ0v) is 11.5. The molecule has 3 nitrogen and oxygen atoms in total. The Kier molecular flexibility index (Phi) is 4.39. The smallest absolute Gasteiger partial charge is 0.0534 e. The molecule has 0 fully saturated rings. The van der Waals surface area contributed by atoms with E-state index < -0.39 is 0 Å². The average Bonchev–Trinajstić information content (AvgIpc) is 2.84. The van der Waals surface area contributed by atoms with Gasteiger partial charge in [-0.2, -0.15) is 5.10 Å². The lowest BCUT2D eigenvalue weighted by Crippen LogP contribution is -2.18. The van der Waals surface area contributed by atoms with Crippen LogP contribution in [0.5, 0.6) is 0 Å². The van der Waals surface area contributed by atoms with Crippen molar-refractivity contribution in [2.45, 2.75) is 33.0 Å². The van der Waals surface area contributed by atoms with Crippen LogP contribution in [-0.4, -0.2) is 9.78 Å². The van der Waals surface area contributed by atoms with Gasteiger partial charge in [0.25, 0.3) is 0 Å². The molecule has 1 heterocycles. The Bertz CT molecular complexity index is 507. The monoisotopic (exact) mass is 263 g/mol. The van der Waals surface area contributed by atoms with Gasteiger partial charge in [-0.05, 0) is 25.5 Å². The van der Waals surface area contributed by atoms with Gasteiger partial charge in [-0.3, -0.25) is 4.68 Å². The summed E-state index contributed by atoms with van der Waals surface area (Å²) in [6, 6.07) is 8.15. The summed E-state index contributed by atoms with van der Waals surface area (Å²) in [5.74, 6) is 0. The van der Waals surface area contributed by atoms with Crippen molar-refractivity contribution < 1.29 is 0 Å². The summed E-state index contributed by atoms with van der Waals surface area (Å²) in [5, 5.41) is 8.52. The standard InChI is InChI=1S/C14H18ClN3/c1-3-18-10-12(9-17-18)8-16-11(2)13-6-4-5-7-14(13)15/h4-7,9-11,16H,3,8H2,1-2H3/t11-/m1/s1. The molecule has 0 spiro atoms. The van der Waals surface area contributed by atoms with Gasteiger partial charge in [-0.25, -0.2) is 0 Å². The van der Waals surface area contributed by atoms with E-state index in [1.807, 2.05) is 29.1 Å². The van der Waals surface area contributed by atoms with E-state index in [1.165, 1.54) is 5.56 Å². The van der Waals surface area contributed by atoms with Crippen molar-refractivity contribution in [3.63, 3.8) is 0 Å². The third kappa shape index (κ3) is 3.12. The van der Waals surface area contributed by atoms with Crippen LogP contribution in [0.15, 0.2) is 36.7 Å². The third-order valence-corrected chi connectivity index (χ3v) is 3.34. The molecule has 0 aliphatic heterocycles. The summed E-state index contributed by atoms with van der Waals surface area (Å²) in [4.78, 5) is 0. The zero-order chi connectivity index (χ0) is 13.0.